The van der Waals surface area contributed by atoms with Gasteiger partial charge in [0, 0.05) is 13.8 Å². The van der Waals surface area contributed by atoms with Crippen LogP contribution in [-0.4, -0.2) is 31.1 Å². The lowest BCUT2D eigenvalue weighted by Gasteiger charge is -2.14. The van der Waals surface area contributed by atoms with Crippen molar-refractivity contribution in [2.45, 2.75) is 19.8 Å². The number of carbonyl (C=O) groups is 2. The van der Waals surface area contributed by atoms with Gasteiger partial charge in [-0.25, -0.2) is 0 Å². The van der Waals surface area contributed by atoms with Crippen LogP contribution in [0, 0.1) is 0 Å². The van der Waals surface area contributed by atoms with Crippen LogP contribution in [0.5, 0.6) is 0 Å². The average molecular weight is 196 g/mol. The molecule has 4 nitrogen and oxygen atoms in total. The van der Waals surface area contributed by atoms with Crippen LogP contribution >= 0.6 is 0 Å². The highest BCUT2D eigenvalue weighted by atomic mass is 19.3. The summed E-state index contributed by atoms with van der Waals surface area (Å²) in [5.74, 6) is -4.93. The van der Waals surface area contributed by atoms with Crippen molar-refractivity contribution in [2.24, 2.45) is 0 Å². The van der Waals surface area contributed by atoms with E-state index >= 15 is 0 Å². The standard InChI is InChI=1S/C7H10F2O4/c1-5(10)12-3-7(8,9)4-13-6(2)11/h3-4H2,1-2H3. The molecule has 0 aromatic rings. The van der Waals surface area contributed by atoms with Crippen molar-refractivity contribution >= 4 is 11.9 Å². The number of hydrogen-bond donors (Lipinski definition) is 0. The Hall–Kier alpha value is -1.20. The van der Waals surface area contributed by atoms with Crippen LogP contribution in [0.1, 0.15) is 13.8 Å². The van der Waals surface area contributed by atoms with Crippen LogP contribution < -0.4 is 0 Å². The lowest BCUT2D eigenvalue weighted by molar-refractivity contribution is -0.167. The fraction of sp³-hybridized carbons (Fsp3) is 0.714. The molecule has 0 saturated carbocycles. The Bertz CT molecular complexity index is 183. The SMILES string of the molecule is CC(=O)OCC(F)(F)COC(C)=O. The molecule has 0 aliphatic rings. The number of carbonyl (C=O) groups excluding carboxylic acids is 2. The summed E-state index contributed by atoms with van der Waals surface area (Å²) in [7, 11) is 0. The van der Waals surface area contributed by atoms with Crippen molar-refractivity contribution in [1.29, 1.82) is 0 Å². The van der Waals surface area contributed by atoms with Crippen LogP contribution in [0.3, 0.4) is 0 Å². The van der Waals surface area contributed by atoms with Gasteiger partial charge in [0.05, 0.1) is 0 Å². The van der Waals surface area contributed by atoms with Crippen molar-refractivity contribution in [2.75, 3.05) is 13.2 Å². The molecule has 0 amide bonds. The van der Waals surface area contributed by atoms with E-state index in [-0.39, 0.29) is 0 Å². The van der Waals surface area contributed by atoms with Gasteiger partial charge in [-0.05, 0) is 0 Å². The number of alkyl halides is 2. The Kier molecular flexibility index (Phi) is 4.30. The topological polar surface area (TPSA) is 52.6 Å². The largest absolute Gasteiger partial charge is 0.459 e. The Labute approximate surface area is 73.8 Å². The van der Waals surface area contributed by atoms with Crippen LogP contribution in [0.25, 0.3) is 0 Å². The van der Waals surface area contributed by atoms with Gasteiger partial charge in [0.1, 0.15) is 0 Å². The van der Waals surface area contributed by atoms with Crippen LogP contribution in [-0.2, 0) is 19.1 Å². The van der Waals surface area contributed by atoms with Crippen molar-refractivity contribution in [3.63, 3.8) is 0 Å². The quantitative estimate of drug-likeness (QED) is 0.622. The summed E-state index contributed by atoms with van der Waals surface area (Å²) < 4.78 is 33.3. The van der Waals surface area contributed by atoms with Gasteiger partial charge in [-0.15, -0.1) is 0 Å². The molecule has 0 radical (unpaired) electrons. The van der Waals surface area contributed by atoms with E-state index in [9.17, 15) is 18.4 Å². The first-order valence-corrected chi connectivity index (χ1v) is 3.48. The first-order valence-electron chi connectivity index (χ1n) is 3.48. The minimum Gasteiger partial charge on any atom is -0.459 e. The minimum atomic E-state index is -3.32. The summed E-state index contributed by atoms with van der Waals surface area (Å²) in [4.78, 5) is 20.3. The van der Waals surface area contributed by atoms with Crippen LogP contribution in [0.4, 0.5) is 8.78 Å². The molecule has 0 N–H and O–H groups in total. The Balaban J connectivity index is 3.79. The summed E-state index contributed by atoms with van der Waals surface area (Å²) in [5, 5.41) is 0. The van der Waals surface area contributed by atoms with Crippen LogP contribution in [0.2, 0.25) is 0 Å². The number of ether oxygens (including phenoxy) is 2. The summed E-state index contributed by atoms with van der Waals surface area (Å²) in [6, 6.07) is 0. The molecular formula is C7H10F2O4. The third-order valence-electron chi connectivity index (χ3n) is 0.973. The fourth-order valence-corrected chi connectivity index (χ4v) is 0.456. The van der Waals surface area contributed by atoms with E-state index in [1.165, 1.54) is 0 Å². The van der Waals surface area contributed by atoms with Crippen molar-refractivity contribution < 1.29 is 27.8 Å². The van der Waals surface area contributed by atoms with E-state index in [0.29, 0.717) is 0 Å². The zero-order chi connectivity index (χ0) is 10.5. The predicted molar refractivity (Wildman–Crippen MR) is 38.2 cm³/mol. The van der Waals surface area contributed by atoms with E-state index < -0.39 is 31.1 Å². The molecule has 0 heterocycles. The molecule has 0 aliphatic carbocycles. The Morgan fingerprint density at radius 1 is 1.08 bits per heavy atom. The number of rotatable bonds is 4. The number of halogens is 2. The molecule has 6 heteroatoms. The summed E-state index contributed by atoms with van der Waals surface area (Å²) in [6.45, 7) is -0.116. The molecule has 0 saturated heterocycles. The Morgan fingerprint density at radius 2 is 1.38 bits per heavy atom. The van der Waals surface area contributed by atoms with E-state index in [4.69, 9.17) is 0 Å². The Morgan fingerprint density at radius 3 is 1.62 bits per heavy atom. The van der Waals surface area contributed by atoms with Gasteiger partial charge < -0.3 is 9.47 Å². The highest BCUT2D eigenvalue weighted by Crippen LogP contribution is 2.14. The van der Waals surface area contributed by atoms with E-state index in [2.05, 4.69) is 9.47 Å². The molecule has 0 rings (SSSR count). The maximum atomic E-state index is 12.6. The molecule has 13 heavy (non-hydrogen) atoms. The van der Waals surface area contributed by atoms with Crippen LogP contribution in [0.15, 0.2) is 0 Å². The van der Waals surface area contributed by atoms with Gasteiger partial charge in [0.25, 0.3) is 0 Å². The van der Waals surface area contributed by atoms with E-state index in [1.54, 1.807) is 0 Å². The molecule has 0 spiro atoms. The predicted octanol–water partition coefficient (Wildman–Crippen LogP) is 0.748. The first-order chi connectivity index (χ1) is 5.83. The van der Waals surface area contributed by atoms with Crippen molar-refractivity contribution in [3.8, 4) is 0 Å². The summed E-state index contributed by atoms with van der Waals surface area (Å²) in [5.41, 5.74) is 0. The average Bonchev–Trinajstić information content (AvgIpc) is 1.98. The monoisotopic (exact) mass is 196 g/mol. The molecule has 0 unspecified atom stereocenters. The van der Waals surface area contributed by atoms with Gasteiger partial charge in [0.2, 0.25) is 0 Å². The van der Waals surface area contributed by atoms with Crippen molar-refractivity contribution in [1.82, 2.24) is 0 Å². The molecule has 0 fully saturated rings. The summed E-state index contributed by atoms with van der Waals surface area (Å²) >= 11 is 0. The van der Waals surface area contributed by atoms with Gasteiger partial charge >= 0.3 is 17.9 Å². The molecule has 0 bridgehead atoms. The lowest BCUT2D eigenvalue weighted by atomic mass is 10.4. The number of esters is 2. The zero-order valence-electron chi connectivity index (χ0n) is 7.30. The highest BCUT2D eigenvalue weighted by Gasteiger charge is 2.32. The normalized spacial score (nSPS) is 10.8. The molecule has 76 valence electrons. The van der Waals surface area contributed by atoms with E-state index in [0.717, 1.165) is 13.8 Å². The lowest BCUT2D eigenvalue weighted by Crippen LogP contribution is -2.31. The molecule has 0 aromatic carbocycles. The van der Waals surface area contributed by atoms with Gasteiger partial charge in [-0.1, -0.05) is 0 Å². The summed E-state index contributed by atoms with van der Waals surface area (Å²) in [6.07, 6.45) is 0. The smallest absolute Gasteiger partial charge is 0.314 e. The van der Waals surface area contributed by atoms with Gasteiger partial charge in [0.15, 0.2) is 13.2 Å². The highest BCUT2D eigenvalue weighted by molar-refractivity contribution is 5.66. The fourth-order valence-electron chi connectivity index (χ4n) is 0.456. The molecule has 0 aromatic heterocycles. The number of hydrogen-bond acceptors (Lipinski definition) is 4. The molecular weight excluding hydrogens is 186 g/mol. The third-order valence-corrected chi connectivity index (χ3v) is 0.973. The van der Waals surface area contributed by atoms with Gasteiger partial charge in [-0.2, -0.15) is 8.78 Å². The third kappa shape index (κ3) is 7.17. The second-order valence-electron chi connectivity index (χ2n) is 2.42. The maximum Gasteiger partial charge on any atom is 0.314 e. The van der Waals surface area contributed by atoms with Gasteiger partial charge in [-0.3, -0.25) is 9.59 Å². The molecule has 0 atom stereocenters. The molecule has 0 aliphatic heterocycles. The maximum absolute atomic E-state index is 12.6. The zero-order valence-corrected chi connectivity index (χ0v) is 7.30. The second kappa shape index (κ2) is 4.74. The van der Waals surface area contributed by atoms with Crippen molar-refractivity contribution in [3.05, 3.63) is 0 Å². The second-order valence-corrected chi connectivity index (χ2v) is 2.42. The minimum absolute atomic E-state index is 0.803. The van der Waals surface area contributed by atoms with E-state index in [1.807, 2.05) is 0 Å². The first kappa shape index (κ1) is 11.8.